The summed E-state index contributed by atoms with van der Waals surface area (Å²) < 4.78 is 8.83. The number of fused-ring (bicyclic) bond motifs is 7. The molecule has 0 aliphatic heterocycles. The van der Waals surface area contributed by atoms with Crippen LogP contribution in [-0.4, -0.2) is 0 Å². The van der Waals surface area contributed by atoms with Crippen LogP contribution >= 0.6 is 11.3 Å². The molecule has 0 saturated carbocycles. The van der Waals surface area contributed by atoms with Gasteiger partial charge < -0.3 is 9.32 Å². The van der Waals surface area contributed by atoms with E-state index in [-0.39, 0.29) is 0 Å². The summed E-state index contributed by atoms with van der Waals surface area (Å²) in [6.07, 6.45) is 0. The molecule has 2 heterocycles. The molecule has 258 valence electrons. The van der Waals surface area contributed by atoms with E-state index < -0.39 is 0 Å². The Labute approximate surface area is 322 Å². The maximum atomic E-state index is 6.28. The first kappa shape index (κ1) is 31.6. The zero-order chi connectivity index (χ0) is 36.3. The van der Waals surface area contributed by atoms with E-state index in [1.54, 1.807) is 0 Å². The molecule has 0 N–H and O–H groups in total. The molecule has 0 bridgehead atoms. The first-order valence-electron chi connectivity index (χ1n) is 18.7. The lowest BCUT2D eigenvalue weighted by molar-refractivity contribution is 0.669. The van der Waals surface area contributed by atoms with Crippen LogP contribution in [-0.2, 0) is 0 Å². The summed E-state index contributed by atoms with van der Waals surface area (Å²) in [5.74, 6) is 0. The molecule has 2 aromatic heterocycles. The van der Waals surface area contributed by atoms with Crippen LogP contribution in [0.1, 0.15) is 0 Å². The molecule has 55 heavy (non-hydrogen) atoms. The number of benzene rings is 9. The third kappa shape index (κ3) is 5.16. The zero-order valence-corrected chi connectivity index (χ0v) is 30.6. The number of para-hydroxylation sites is 2. The van der Waals surface area contributed by atoms with E-state index in [0.717, 1.165) is 50.1 Å². The van der Waals surface area contributed by atoms with Crippen molar-refractivity contribution in [3.8, 4) is 33.4 Å². The lowest BCUT2D eigenvalue weighted by atomic mass is 9.90. The van der Waals surface area contributed by atoms with Crippen molar-refractivity contribution in [1.82, 2.24) is 0 Å². The van der Waals surface area contributed by atoms with E-state index in [9.17, 15) is 0 Å². The van der Waals surface area contributed by atoms with Crippen LogP contribution in [0.2, 0.25) is 0 Å². The molecule has 0 amide bonds. The van der Waals surface area contributed by atoms with Gasteiger partial charge in [-0.05, 0) is 87.1 Å². The molecule has 0 saturated heterocycles. The number of hydrogen-bond acceptors (Lipinski definition) is 3. The lowest BCUT2D eigenvalue weighted by Crippen LogP contribution is -2.11. The van der Waals surface area contributed by atoms with E-state index in [2.05, 4.69) is 193 Å². The van der Waals surface area contributed by atoms with Gasteiger partial charge in [0.25, 0.3) is 0 Å². The van der Waals surface area contributed by atoms with Crippen molar-refractivity contribution in [3.05, 3.63) is 200 Å². The van der Waals surface area contributed by atoms with Gasteiger partial charge in [0.1, 0.15) is 11.2 Å². The largest absolute Gasteiger partial charge is 0.456 e. The second-order valence-electron chi connectivity index (χ2n) is 14.0. The molecule has 0 radical (unpaired) electrons. The topological polar surface area (TPSA) is 16.4 Å². The van der Waals surface area contributed by atoms with Crippen LogP contribution in [0.4, 0.5) is 17.1 Å². The number of anilines is 3. The number of hydrogen-bond donors (Lipinski definition) is 0. The van der Waals surface area contributed by atoms with Crippen LogP contribution in [0.3, 0.4) is 0 Å². The molecule has 2 nitrogen and oxygen atoms in total. The molecule has 0 spiro atoms. The molecule has 0 aliphatic carbocycles. The van der Waals surface area contributed by atoms with Crippen molar-refractivity contribution in [2.75, 3.05) is 4.90 Å². The van der Waals surface area contributed by atoms with Gasteiger partial charge >= 0.3 is 0 Å². The monoisotopic (exact) mass is 719 g/mol. The summed E-state index contributed by atoms with van der Waals surface area (Å²) in [5, 5.41) is 7.28. The first-order valence-corrected chi connectivity index (χ1v) is 19.5. The highest BCUT2D eigenvalue weighted by Gasteiger charge is 2.23. The highest BCUT2D eigenvalue weighted by molar-refractivity contribution is 7.26. The first-order chi connectivity index (χ1) is 27.3. The predicted octanol–water partition coefficient (Wildman–Crippen LogP) is 15.6. The van der Waals surface area contributed by atoms with Crippen molar-refractivity contribution >= 4 is 81.3 Å². The molecule has 9 aromatic carbocycles. The third-order valence-electron chi connectivity index (χ3n) is 10.9. The molecule has 0 fully saturated rings. The van der Waals surface area contributed by atoms with Gasteiger partial charge in [-0.25, -0.2) is 0 Å². The Kier molecular flexibility index (Phi) is 7.39. The fourth-order valence-electron chi connectivity index (χ4n) is 8.48. The third-order valence-corrected chi connectivity index (χ3v) is 12.0. The quantitative estimate of drug-likeness (QED) is 0.170. The van der Waals surface area contributed by atoms with Gasteiger partial charge in [0, 0.05) is 42.2 Å². The summed E-state index contributed by atoms with van der Waals surface area (Å²) in [4.78, 5) is 2.47. The average molecular weight is 720 g/mol. The van der Waals surface area contributed by atoms with E-state index in [0.29, 0.717) is 0 Å². The minimum Gasteiger partial charge on any atom is -0.456 e. The second kappa shape index (κ2) is 12.9. The van der Waals surface area contributed by atoms with Crippen LogP contribution in [0.25, 0.3) is 86.3 Å². The Morgan fingerprint density at radius 2 is 0.927 bits per heavy atom. The van der Waals surface area contributed by atoms with Gasteiger partial charge in [-0.3, -0.25) is 0 Å². The van der Waals surface area contributed by atoms with E-state index in [4.69, 9.17) is 4.42 Å². The van der Waals surface area contributed by atoms with Gasteiger partial charge in [-0.15, -0.1) is 11.3 Å². The SMILES string of the molecule is c1ccc(-c2cccc3cccc(-c4ccccc4N(c4ccc(-c5cccc6oc7ccccc7c56)cc4)c4cccc5sc6ccccc6c45)c23)cc1. The highest BCUT2D eigenvalue weighted by Crippen LogP contribution is 2.49. The van der Waals surface area contributed by atoms with Gasteiger partial charge in [0.2, 0.25) is 0 Å². The number of rotatable bonds is 6. The van der Waals surface area contributed by atoms with Gasteiger partial charge in [-0.2, -0.15) is 0 Å². The molecule has 11 rings (SSSR count). The maximum Gasteiger partial charge on any atom is 0.136 e. The minimum absolute atomic E-state index is 0.902. The number of nitrogens with zero attached hydrogens (tertiary/aromatic N) is 1. The van der Waals surface area contributed by atoms with Crippen molar-refractivity contribution in [3.63, 3.8) is 0 Å². The fourth-order valence-corrected chi connectivity index (χ4v) is 9.60. The highest BCUT2D eigenvalue weighted by atomic mass is 32.1. The molecule has 0 unspecified atom stereocenters. The Balaban J connectivity index is 1.16. The van der Waals surface area contributed by atoms with Crippen molar-refractivity contribution in [2.24, 2.45) is 0 Å². The van der Waals surface area contributed by atoms with Crippen LogP contribution in [0.5, 0.6) is 0 Å². The molecule has 3 heteroatoms. The molecule has 0 atom stereocenters. The zero-order valence-electron chi connectivity index (χ0n) is 29.8. The average Bonchev–Trinajstić information content (AvgIpc) is 3.83. The predicted molar refractivity (Wildman–Crippen MR) is 235 cm³/mol. The molecule has 0 aliphatic rings. The van der Waals surface area contributed by atoms with E-state index in [1.807, 2.05) is 23.5 Å². The van der Waals surface area contributed by atoms with Crippen molar-refractivity contribution in [2.45, 2.75) is 0 Å². The Bertz CT molecular complexity index is 3200. The summed E-state index contributed by atoms with van der Waals surface area (Å²) in [7, 11) is 0. The molecule has 11 aromatic rings. The lowest BCUT2D eigenvalue weighted by Gasteiger charge is -2.29. The number of furan rings is 1. The fraction of sp³-hybridized carbons (Fsp3) is 0. The van der Waals surface area contributed by atoms with Crippen LogP contribution in [0, 0.1) is 0 Å². The van der Waals surface area contributed by atoms with Gasteiger partial charge in [0.05, 0.1) is 11.4 Å². The summed E-state index contributed by atoms with van der Waals surface area (Å²) in [6.45, 7) is 0. The van der Waals surface area contributed by atoms with Crippen LogP contribution in [0.15, 0.2) is 205 Å². The molecular weight excluding hydrogens is 687 g/mol. The Morgan fingerprint density at radius 1 is 0.345 bits per heavy atom. The Morgan fingerprint density at radius 3 is 1.78 bits per heavy atom. The maximum absolute atomic E-state index is 6.28. The summed E-state index contributed by atoms with van der Waals surface area (Å²) >= 11 is 1.85. The van der Waals surface area contributed by atoms with Gasteiger partial charge in [-0.1, -0.05) is 152 Å². The van der Waals surface area contributed by atoms with Crippen molar-refractivity contribution < 1.29 is 4.42 Å². The van der Waals surface area contributed by atoms with Gasteiger partial charge in [0.15, 0.2) is 0 Å². The smallest absolute Gasteiger partial charge is 0.136 e. The summed E-state index contributed by atoms with van der Waals surface area (Å²) in [5.41, 5.74) is 12.3. The summed E-state index contributed by atoms with van der Waals surface area (Å²) in [6, 6.07) is 72.3. The normalized spacial score (nSPS) is 11.6. The Hall–Kier alpha value is -6.94. The van der Waals surface area contributed by atoms with E-state index >= 15 is 0 Å². The molecular formula is C52H33NOS. The second-order valence-corrected chi connectivity index (χ2v) is 15.1. The van der Waals surface area contributed by atoms with E-state index in [1.165, 1.54) is 53.2 Å². The standard InChI is InChI=1S/C52H33NOS/c1-2-14-34(15-3-1)38-21-10-16-36-17-11-23-41(50(36)38)40-18-4-7-24-44(40)53(45-25-13-29-49-52(45)43-20-6-9-28-48(43)55-49)37-32-30-35(31-33-37)39-22-12-27-47-51(39)42-19-5-8-26-46(42)54-47/h1-33H. The minimum atomic E-state index is 0.902. The van der Waals surface area contributed by atoms with Crippen LogP contribution < -0.4 is 4.90 Å². The van der Waals surface area contributed by atoms with Crippen molar-refractivity contribution in [1.29, 1.82) is 0 Å². The number of thiophene rings is 1.